The molecule has 0 saturated carbocycles. The zero-order valence-electron chi connectivity index (χ0n) is 16.7. The first-order valence-electron chi connectivity index (χ1n) is 9.72. The van der Waals surface area contributed by atoms with Gasteiger partial charge < -0.3 is 9.32 Å². The average Bonchev–Trinajstić information content (AvgIpc) is 3.47. The molecule has 3 heterocycles. The van der Waals surface area contributed by atoms with Gasteiger partial charge in [-0.1, -0.05) is 19.1 Å². The minimum Gasteiger partial charge on any atom is -0.411 e. The predicted molar refractivity (Wildman–Crippen MR) is 114 cm³/mol. The number of sulfonamides is 1. The van der Waals surface area contributed by atoms with Crippen molar-refractivity contribution in [2.24, 2.45) is 0 Å². The van der Waals surface area contributed by atoms with Gasteiger partial charge in [-0.15, -0.1) is 21.5 Å². The van der Waals surface area contributed by atoms with Gasteiger partial charge in [0.05, 0.1) is 4.88 Å². The van der Waals surface area contributed by atoms with Crippen molar-refractivity contribution in [3.63, 3.8) is 0 Å². The number of aryl methyl sites for hydroxylation is 2. The zero-order chi connectivity index (χ0) is 21.3. The molecule has 4 rings (SSSR count). The highest BCUT2D eigenvalue weighted by Crippen LogP contribution is 2.34. The van der Waals surface area contributed by atoms with Crippen LogP contribution in [0.15, 0.2) is 39.6 Å². The molecule has 1 N–H and O–H groups in total. The van der Waals surface area contributed by atoms with Gasteiger partial charge in [0.25, 0.3) is 15.9 Å². The number of anilines is 1. The van der Waals surface area contributed by atoms with E-state index in [1.165, 1.54) is 17.4 Å². The molecule has 10 heteroatoms. The summed E-state index contributed by atoms with van der Waals surface area (Å²) in [6.07, 6.45) is 2.74. The standard InChI is InChI=1S/C20H22N4O4S2/c1-3-14-7-6-8-15(11-14)23-30(26,27)17-12-16(29-13(17)2)18-21-22-19(28-18)20(25)24-9-4-5-10-24/h6-8,11-12,23H,3-5,9-10H2,1-2H3. The molecule has 1 saturated heterocycles. The summed E-state index contributed by atoms with van der Waals surface area (Å²) in [7, 11) is -3.78. The molecule has 0 bridgehead atoms. The Hall–Kier alpha value is -2.72. The molecule has 8 nitrogen and oxygen atoms in total. The fourth-order valence-electron chi connectivity index (χ4n) is 3.37. The number of carbonyl (C=O) groups is 1. The lowest BCUT2D eigenvalue weighted by atomic mass is 10.1. The van der Waals surface area contributed by atoms with Crippen LogP contribution in [0.25, 0.3) is 10.8 Å². The Morgan fingerprint density at radius 3 is 2.73 bits per heavy atom. The van der Waals surface area contributed by atoms with Crippen molar-refractivity contribution in [1.29, 1.82) is 0 Å². The molecule has 0 unspecified atom stereocenters. The number of nitrogens with one attached hydrogen (secondary N) is 1. The van der Waals surface area contributed by atoms with Gasteiger partial charge in [-0.05, 0) is 49.9 Å². The van der Waals surface area contributed by atoms with E-state index in [1.807, 2.05) is 25.1 Å². The number of benzene rings is 1. The van der Waals surface area contributed by atoms with Crippen LogP contribution in [0.4, 0.5) is 5.69 Å². The lowest BCUT2D eigenvalue weighted by Crippen LogP contribution is -2.27. The highest BCUT2D eigenvalue weighted by molar-refractivity contribution is 7.93. The van der Waals surface area contributed by atoms with E-state index in [0.717, 1.165) is 24.8 Å². The van der Waals surface area contributed by atoms with E-state index in [0.29, 0.717) is 28.5 Å². The number of thiophene rings is 1. The Bertz CT molecular complexity index is 1180. The molecule has 0 aliphatic carbocycles. The lowest BCUT2D eigenvalue weighted by molar-refractivity contribution is 0.0754. The Balaban J connectivity index is 1.57. The third-order valence-corrected chi connectivity index (χ3v) is 7.64. The maximum Gasteiger partial charge on any atom is 0.311 e. The monoisotopic (exact) mass is 446 g/mol. The summed E-state index contributed by atoms with van der Waals surface area (Å²) in [6, 6.07) is 8.80. The largest absolute Gasteiger partial charge is 0.411 e. The van der Waals surface area contributed by atoms with Crippen LogP contribution >= 0.6 is 11.3 Å². The summed E-state index contributed by atoms with van der Waals surface area (Å²) in [5.41, 5.74) is 1.55. The van der Waals surface area contributed by atoms with E-state index in [2.05, 4.69) is 14.9 Å². The minimum atomic E-state index is -3.78. The van der Waals surface area contributed by atoms with E-state index in [1.54, 1.807) is 17.9 Å². The van der Waals surface area contributed by atoms with E-state index in [-0.39, 0.29) is 22.6 Å². The van der Waals surface area contributed by atoms with Gasteiger partial charge in [0.15, 0.2) is 0 Å². The van der Waals surface area contributed by atoms with Gasteiger partial charge in [-0.3, -0.25) is 9.52 Å². The Labute approximate surface area is 179 Å². The van der Waals surface area contributed by atoms with Crippen molar-refractivity contribution in [2.45, 2.75) is 38.0 Å². The Morgan fingerprint density at radius 2 is 2.00 bits per heavy atom. The number of nitrogens with zero attached hydrogens (tertiary/aromatic N) is 3. The van der Waals surface area contributed by atoms with Crippen molar-refractivity contribution < 1.29 is 17.6 Å². The summed E-state index contributed by atoms with van der Waals surface area (Å²) in [4.78, 5) is 15.3. The maximum atomic E-state index is 12.9. The number of aromatic nitrogens is 2. The molecule has 0 radical (unpaired) electrons. The van der Waals surface area contributed by atoms with Crippen molar-refractivity contribution in [1.82, 2.24) is 15.1 Å². The van der Waals surface area contributed by atoms with Gasteiger partial charge in [0.2, 0.25) is 0 Å². The second kappa shape index (κ2) is 8.19. The first-order chi connectivity index (χ1) is 14.4. The Kier molecular flexibility index (Phi) is 5.61. The molecule has 0 atom stereocenters. The van der Waals surface area contributed by atoms with Crippen molar-refractivity contribution in [3.8, 4) is 10.8 Å². The van der Waals surface area contributed by atoms with Crippen LogP contribution in [0.5, 0.6) is 0 Å². The number of rotatable bonds is 6. The molecule has 1 aliphatic heterocycles. The van der Waals surface area contributed by atoms with Crippen LogP contribution in [0.2, 0.25) is 0 Å². The van der Waals surface area contributed by atoms with Gasteiger partial charge in [-0.2, -0.15) is 0 Å². The molecule has 30 heavy (non-hydrogen) atoms. The minimum absolute atomic E-state index is 0.0723. The number of hydrogen-bond acceptors (Lipinski definition) is 7. The highest BCUT2D eigenvalue weighted by atomic mass is 32.2. The summed E-state index contributed by atoms with van der Waals surface area (Å²) >= 11 is 1.23. The molecule has 1 aliphatic rings. The molecule has 158 valence electrons. The van der Waals surface area contributed by atoms with Crippen molar-refractivity contribution >= 4 is 33.0 Å². The van der Waals surface area contributed by atoms with Crippen LogP contribution in [-0.2, 0) is 16.4 Å². The quantitative estimate of drug-likeness (QED) is 0.619. The van der Waals surface area contributed by atoms with E-state index >= 15 is 0 Å². The molecule has 1 aromatic carbocycles. The second-order valence-electron chi connectivity index (χ2n) is 7.10. The summed E-state index contributed by atoms with van der Waals surface area (Å²) in [6.45, 7) is 5.10. The number of hydrogen-bond donors (Lipinski definition) is 1. The SMILES string of the molecule is CCc1cccc(NS(=O)(=O)c2cc(-c3nnc(C(=O)N4CCCC4)o3)sc2C)c1. The van der Waals surface area contributed by atoms with Crippen LogP contribution in [0, 0.1) is 6.92 Å². The molecule has 3 aromatic rings. The van der Waals surface area contributed by atoms with Crippen molar-refractivity contribution in [3.05, 3.63) is 46.7 Å². The van der Waals surface area contributed by atoms with Crippen molar-refractivity contribution in [2.75, 3.05) is 17.8 Å². The maximum absolute atomic E-state index is 12.9. The Morgan fingerprint density at radius 1 is 1.23 bits per heavy atom. The van der Waals surface area contributed by atoms with Crippen LogP contribution in [-0.4, -0.2) is 42.5 Å². The molecule has 2 aromatic heterocycles. The summed E-state index contributed by atoms with van der Waals surface area (Å²) in [5.74, 6) is -0.221. The zero-order valence-corrected chi connectivity index (χ0v) is 18.3. The number of likely N-dealkylation sites (tertiary alicyclic amines) is 1. The number of amides is 1. The topological polar surface area (TPSA) is 105 Å². The van der Waals surface area contributed by atoms with E-state index < -0.39 is 10.0 Å². The van der Waals surface area contributed by atoms with E-state index in [4.69, 9.17) is 4.42 Å². The summed E-state index contributed by atoms with van der Waals surface area (Å²) < 4.78 is 34.0. The van der Waals surface area contributed by atoms with Gasteiger partial charge in [0, 0.05) is 23.7 Å². The smallest absolute Gasteiger partial charge is 0.311 e. The number of carbonyl (C=O) groups excluding carboxylic acids is 1. The fourth-order valence-corrected chi connectivity index (χ4v) is 5.93. The average molecular weight is 447 g/mol. The molecular weight excluding hydrogens is 424 g/mol. The van der Waals surface area contributed by atoms with Crippen LogP contribution in [0.1, 0.15) is 40.9 Å². The van der Waals surface area contributed by atoms with Gasteiger partial charge >= 0.3 is 11.8 Å². The highest BCUT2D eigenvalue weighted by Gasteiger charge is 2.27. The third kappa shape index (κ3) is 4.10. The van der Waals surface area contributed by atoms with Gasteiger partial charge in [0.1, 0.15) is 4.90 Å². The second-order valence-corrected chi connectivity index (χ2v) is 10.0. The molecule has 0 spiro atoms. The third-order valence-electron chi connectivity index (χ3n) is 4.96. The molecule has 1 amide bonds. The normalized spacial score (nSPS) is 14.3. The van der Waals surface area contributed by atoms with Crippen LogP contribution < -0.4 is 4.72 Å². The molecule has 1 fully saturated rings. The lowest BCUT2D eigenvalue weighted by Gasteiger charge is -2.11. The molecular formula is C20H22N4O4S2. The predicted octanol–water partition coefficient (Wildman–Crippen LogP) is 3.71. The first-order valence-corrected chi connectivity index (χ1v) is 12.0. The van der Waals surface area contributed by atoms with Gasteiger partial charge in [-0.25, -0.2) is 8.42 Å². The fraction of sp³-hybridized carbons (Fsp3) is 0.350. The van der Waals surface area contributed by atoms with E-state index in [9.17, 15) is 13.2 Å². The first kappa shape index (κ1) is 20.5. The summed E-state index contributed by atoms with van der Waals surface area (Å²) in [5, 5.41) is 7.81. The van der Waals surface area contributed by atoms with Crippen LogP contribution in [0.3, 0.4) is 0 Å².